The summed E-state index contributed by atoms with van der Waals surface area (Å²) in [6.07, 6.45) is 4.79. The van der Waals surface area contributed by atoms with Crippen molar-refractivity contribution in [2.75, 3.05) is 11.9 Å². The minimum Gasteiger partial charge on any atom is -0.462 e. The maximum atomic E-state index is 11.4. The van der Waals surface area contributed by atoms with Crippen LogP contribution in [0.4, 0.5) is 5.69 Å². The molecule has 0 radical (unpaired) electrons. The third kappa shape index (κ3) is 5.15. The molecular formula is C16H20N2O2. The van der Waals surface area contributed by atoms with Crippen molar-refractivity contribution in [3.05, 3.63) is 41.6 Å². The highest BCUT2D eigenvalue weighted by Gasteiger charge is 2.08. The first-order valence-electron chi connectivity index (χ1n) is 6.84. The second-order valence-electron chi connectivity index (χ2n) is 4.34. The molecule has 0 aromatic heterocycles. The monoisotopic (exact) mass is 272 g/mol. The van der Waals surface area contributed by atoms with Crippen molar-refractivity contribution in [3.8, 4) is 6.07 Å². The van der Waals surface area contributed by atoms with Crippen molar-refractivity contribution in [1.29, 1.82) is 5.26 Å². The van der Waals surface area contributed by atoms with Crippen molar-refractivity contribution < 1.29 is 9.53 Å². The number of hydrogen-bond donors (Lipinski definition) is 1. The Kier molecular flexibility index (Phi) is 6.91. The molecule has 0 amide bonds. The Balaban J connectivity index is 2.64. The largest absolute Gasteiger partial charge is 0.462 e. The van der Waals surface area contributed by atoms with Crippen molar-refractivity contribution in [2.45, 2.75) is 33.1 Å². The smallest absolute Gasteiger partial charge is 0.350 e. The fraction of sp³-hybridized carbons (Fsp3) is 0.375. The van der Waals surface area contributed by atoms with Crippen molar-refractivity contribution in [1.82, 2.24) is 0 Å². The van der Waals surface area contributed by atoms with Gasteiger partial charge < -0.3 is 10.1 Å². The molecule has 0 saturated heterocycles. The van der Waals surface area contributed by atoms with Gasteiger partial charge in [0.1, 0.15) is 6.07 Å². The van der Waals surface area contributed by atoms with E-state index in [0.717, 1.165) is 12.1 Å². The second kappa shape index (κ2) is 8.76. The number of carbonyl (C=O) groups is 1. The number of benzene rings is 1. The first kappa shape index (κ1) is 15.8. The second-order valence-corrected chi connectivity index (χ2v) is 4.34. The summed E-state index contributed by atoms with van der Waals surface area (Å²) in [5.41, 5.74) is 2.08. The number of esters is 1. The van der Waals surface area contributed by atoms with Crippen LogP contribution < -0.4 is 5.32 Å². The van der Waals surface area contributed by atoms with E-state index >= 15 is 0 Å². The molecule has 0 saturated carbocycles. The Morgan fingerprint density at radius 3 is 2.60 bits per heavy atom. The lowest BCUT2D eigenvalue weighted by Crippen LogP contribution is -2.07. The number of hydrogen-bond acceptors (Lipinski definition) is 4. The van der Waals surface area contributed by atoms with Gasteiger partial charge in [0, 0.05) is 11.9 Å². The summed E-state index contributed by atoms with van der Waals surface area (Å²) >= 11 is 0. The molecule has 1 rings (SSSR count). The van der Waals surface area contributed by atoms with Gasteiger partial charge in [0.2, 0.25) is 0 Å². The summed E-state index contributed by atoms with van der Waals surface area (Å²) in [4.78, 5) is 11.4. The van der Waals surface area contributed by atoms with Gasteiger partial charge in [-0.25, -0.2) is 4.79 Å². The zero-order valence-electron chi connectivity index (χ0n) is 12.0. The quantitative estimate of drug-likeness (QED) is 0.469. The first-order chi connectivity index (χ1) is 9.71. The van der Waals surface area contributed by atoms with E-state index in [1.807, 2.05) is 30.3 Å². The van der Waals surface area contributed by atoms with Crippen LogP contribution in [0.15, 0.2) is 36.0 Å². The summed E-state index contributed by atoms with van der Waals surface area (Å²) in [5.74, 6) is -0.609. The Labute approximate surface area is 120 Å². The van der Waals surface area contributed by atoms with Gasteiger partial charge in [-0.05, 0) is 37.5 Å². The molecule has 0 atom stereocenters. The lowest BCUT2D eigenvalue weighted by atomic mass is 10.1. The van der Waals surface area contributed by atoms with Crippen LogP contribution >= 0.6 is 0 Å². The van der Waals surface area contributed by atoms with Gasteiger partial charge in [0.05, 0.1) is 6.61 Å². The van der Waals surface area contributed by atoms with E-state index < -0.39 is 5.97 Å². The minimum absolute atomic E-state index is 0.0399. The third-order valence-corrected chi connectivity index (χ3v) is 2.77. The molecular weight excluding hydrogens is 252 g/mol. The maximum absolute atomic E-state index is 11.4. The fourth-order valence-corrected chi connectivity index (χ4v) is 1.65. The molecule has 1 aromatic carbocycles. The molecule has 1 N–H and O–H groups in total. The topological polar surface area (TPSA) is 62.1 Å². The van der Waals surface area contributed by atoms with E-state index in [1.165, 1.54) is 24.6 Å². The molecule has 106 valence electrons. The summed E-state index contributed by atoms with van der Waals surface area (Å²) in [6.45, 7) is 4.12. The number of aryl methyl sites for hydroxylation is 1. The first-order valence-corrected chi connectivity index (χ1v) is 6.84. The highest BCUT2D eigenvalue weighted by atomic mass is 16.5. The van der Waals surface area contributed by atoms with Crippen molar-refractivity contribution in [2.24, 2.45) is 0 Å². The molecule has 4 nitrogen and oxygen atoms in total. The molecule has 0 aliphatic carbocycles. The molecule has 0 fully saturated rings. The zero-order valence-corrected chi connectivity index (χ0v) is 12.0. The van der Waals surface area contributed by atoms with E-state index in [9.17, 15) is 4.79 Å². The third-order valence-electron chi connectivity index (χ3n) is 2.77. The fourth-order valence-electron chi connectivity index (χ4n) is 1.65. The molecule has 0 aliphatic heterocycles. The van der Waals surface area contributed by atoms with Crippen LogP contribution in [-0.2, 0) is 16.0 Å². The molecule has 0 spiro atoms. The number of rotatable bonds is 7. The Morgan fingerprint density at radius 1 is 1.35 bits per heavy atom. The van der Waals surface area contributed by atoms with E-state index in [-0.39, 0.29) is 12.2 Å². The minimum atomic E-state index is -0.609. The molecule has 0 bridgehead atoms. The van der Waals surface area contributed by atoms with Gasteiger partial charge in [-0.2, -0.15) is 5.26 Å². The van der Waals surface area contributed by atoms with E-state index in [2.05, 4.69) is 12.2 Å². The Hall–Kier alpha value is -2.28. The van der Waals surface area contributed by atoms with Crippen LogP contribution in [-0.4, -0.2) is 12.6 Å². The van der Waals surface area contributed by atoms with Gasteiger partial charge in [-0.3, -0.25) is 0 Å². The molecule has 4 heteroatoms. The van der Waals surface area contributed by atoms with Crippen molar-refractivity contribution >= 4 is 11.7 Å². The van der Waals surface area contributed by atoms with Gasteiger partial charge >= 0.3 is 5.97 Å². The SMILES string of the molecule is CCCCc1ccc(N/C=C(\C#N)C(=O)OCC)cc1. The lowest BCUT2D eigenvalue weighted by molar-refractivity contribution is -0.138. The highest BCUT2D eigenvalue weighted by molar-refractivity contribution is 5.93. The maximum Gasteiger partial charge on any atom is 0.350 e. The summed E-state index contributed by atoms with van der Waals surface area (Å²) in [7, 11) is 0. The number of anilines is 1. The van der Waals surface area contributed by atoms with Crippen LogP contribution in [0.3, 0.4) is 0 Å². The van der Waals surface area contributed by atoms with Gasteiger partial charge in [-0.1, -0.05) is 25.5 Å². The predicted octanol–water partition coefficient (Wildman–Crippen LogP) is 3.41. The van der Waals surface area contributed by atoms with Crippen LogP contribution in [0.5, 0.6) is 0 Å². The average Bonchev–Trinajstić information content (AvgIpc) is 2.47. The van der Waals surface area contributed by atoms with Gasteiger partial charge in [-0.15, -0.1) is 0 Å². The van der Waals surface area contributed by atoms with Gasteiger partial charge in [0.25, 0.3) is 0 Å². The molecule has 0 unspecified atom stereocenters. The summed E-state index contributed by atoms with van der Waals surface area (Å²) in [5, 5.41) is 11.8. The number of nitrogens with one attached hydrogen (secondary N) is 1. The van der Waals surface area contributed by atoms with E-state index in [0.29, 0.717) is 0 Å². The van der Waals surface area contributed by atoms with Crippen LogP contribution in [0.25, 0.3) is 0 Å². The number of carbonyl (C=O) groups excluding carboxylic acids is 1. The number of ether oxygens (including phenoxy) is 1. The molecule has 0 aliphatic rings. The number of nitrogens with zero attached hydrogens (tertiary/aromatic N) is 1. The van der Waals surface area contributed by atoms with E-state index in [4.69, 9.17) is 10.00 Å². The Morgan fingerprint density at radius 2 is 2.05 bits per heavy atom. The molecule has 1 aromatic rings. The van der Waals surface area contributed by atoms with Crippen molar-refractivity contribution in [3.63, 3.8) is 0 Å². The van der Waals surface area contributed by atoms with Crippen LogP contribution in [0, 0.1) is 11.3 Å². The zero-order chi connectivity index (χ0) is 14.8. The van der Waals surface area contributed by atoms with Crippen LogP contribution in [0.2, 0.25) is 0 Å². The Bertz CT molecular complexity index is 498. The van der Waals surface area contributed by atoms with Gasteiger partial charge in [0.15, 0.2) is 5.57 Å². The summed E-state index contributed by atoms with van der Waals surface area (Å²) < 4.78 is 4.78. The average molecular weight is 272 g/mol. The van der Waals surface area contributed by atoms with Crippen LogP contribution in [0.1, 0.15) is 32.3 Å². The highest BCUT2D eigenvalue weighted by Crippen LogP contribution is 2.12. The van der Waals surface area contributed by atoms with E-state index in [1.54, 1.807) is 6.92 Å². The molecule has 20 heavy (non-hydrogen) atoms. The predicted molar refractivity (Wildman–Crippen MR) is 79.0 cm³/mol. The standard InChI is InChI=1S/C16H20N2O2/c1-3-5-6-13-7-9-15(10-8-13)18-12-14(11-17)16(19)20-4-2/h7-10,12,18H,3-6H2,1-2H3/b14-12+. The molecule has 0 heterocycles. The number of nitriles is 1. The summed E-state index contributed by atoms with van der Waals surface area (Å²) in [6, 6.07) is 9.77. The normalized spacial score (nSPS) is 10.8. The number of unbranched alkanes of at least 4 members (excludes halogenated alkanes) is 1. The lowest BCUT2D eigenvalue weighted by Gasteiger charge is -2.04.